The van der Waals surface area contributed by atoms with Crippen LogP contribution < -0.4 is 0 Å². The molecule has 0 unspecified atom stereocenters. The molecule has 1 rings (SSSR count). The molecule has 0 radical (unpaired) electrons. The molecule has 0 aliphatic heterocycles. The molecule has 1 heteroatoms. The lowest BCUT2D eigenvalue weighted by Gasteiger charge is -2.01. The van der Waals surface area contributed by atoms with E-state index in [0.29, 0.717) is 0 Å². The zero-order valence-corrected chi connectivity index (χ0v) is 7.26. The number of rotatable bonds is 1. The number of hydrogen-bond acceptors (Lipinski definition) is 1. The Morgan fingerprint density at radius 2 is 1.64 bits per heavy atom. The smallest absolute Gasteiger partial charge is 0.0273 e. The highest BCUT2D eigenvalue weighted by atomic mass is 14.6. The molecule has 0 bridgehead atoms. The molecule has 1 nitrogen and oxygen atoms in total. The van der Waals surface area contributed by atoms with Crippen molar-refractivity contribution in [2.24, 2.45) is 0 Å². The summed E-state index contributed by atoms with van der Waals surface area (Å²) in [4.78, 5) is 3.96. The van der Waals surface area contributed by atoms with E-state index in [4.69, 9.17) is 0 Å². The van der Waals surface area contributed by atoms with Crippen LogP contribution in [0.2, 0.25) is 0 Å². The van der Waals surface area contributed by atoms with E-state index in [2.05, 4.69) is 25.8 Å². The third-order valence-electron chi connectivity index (χ3n) is 1.86. The third-order valence-corrected chi connectivity index (χ3v) is 1.86. The van der Waals surface area contributed by atoms with Crippen LogP contribution >= 0.6 is 0 Å². The molecule has 11 heavy (non-hydrogen) atoms. The van der Waals surface area contributed by atoms with Crippen molar-refractivity contribution in [1.82, 2.24) is 4.98 Å². The summed E-state index contributed by atoms with van der Waals surface area (Å²) < 4.78 is 0. The van der Waals surface area contributed by atoms with Crippen LogP contribution in [0, 0.1) is 0 Å². The van der Waals surface area contributed by atoms with Gasteiger partial charge in [0.2, 0.25) is 0 Å². The second-order valence-corrected chi connectivity index (χ2v) is 2.86. The lowest BCUT2D eigenvalue weighted by Crippen LogP contribution is -1.81. The van der Waals surface area contributed by atoms with Gasteiger partial charge in [0, 0.05) is 12.4 Å². The monoisotopic (exact) mass is 147 g/mol. The van der Waals surface area contributed by atoms with Crippen molar-refractivity contribution in [2.45, 2.75) is 20.8 Å². The molecule has 0 fully saturated rings. The van der Waals surface area contributed by atoms with E-state index in [1.807, 2.05) is 24.5 Å². The Kier molecular flexibility index (Phi) is 2.42. The van der Waals surface area contributed by atoms with Gasteiger partial charge >= 0.3 is 0 Å². The van der Waals surface area contributed by atoms with Crippen LogP contribution in [0.1, 0.15) is 26.3 Å². The van der Waals surface area contributed by atoms with Crippen LogP contribution in [0.4, 0.5) is 0 Å². The minimum absolute atomic E-state index is 1.26. The number of aromatic nitrogens is 1. The highest BCUT2D eigenvalue weighted by molar-refractivity contribution is 5.65. The van der Waals surface area contributed by atoms with Crippen LogP contribution in [-0.4, -0.2) is 4.98 Å². The van der Waals surface area contributed by atoms with Gasteiger partial charge in [-0.25, -0.2) is 0 Å². The van der Waals surface area contributed by atoms with E-state index in [1.165, 1.54) is 16.7 Å². The second-order valence-electron chi connectivity index (χ2n) is 2.86. The molecular formula is C10H13N. The van der Waals surface area contributed by atoms with Crippen molar-refractivity contribution < 1.29 is 0 Å². The Bertz CT molecular complexity index is 255. The molecule has 0 saturated carbocycles. The Morgan fingerprint density at radius 3 is 2.09 bits per heavy atom. The zero-order chi connectivity index (χ0) is 8.27. The van der Waals surface area contributed by atoms with Crippen LogP contribution in [0.3, 0.4) is 0 Å². The van der Waals surface area contributed by atoms with Gasteiger partial charge in [-0.1, -0.05) is 5.57 Å². The van der Waals surface area contributed by atoms with Crippen molar-refractivity contribution in [3.8, 4) is 0 Å². The Labute approximate surface area is 67.8 Å². The zero-order valence-electron chi connectivity index (χ0n) is 7.26. The van der Waals surface area contributed by atoms with Gasteiger partial charge in [-0.15, -0.1) is 0 Å². The lowest BCUT2D eigenvalue weighted by atomic mass is 10.1. The average Bonchev–Trinajstić information content (AvgIpc) is 2.05. The Balaban J connectivity index is 3.04. The number of pyridine rings is 1. The van der Waals surface area contributed by atoms with E-state index in [0.717, 1.165) is 0 Å². The predicted octanol–water partition coefficient (Wildman–Crippen LogP) is 2.89. The molecule has 0 aliphatic carbocycles. The minimum atomic E-state index is 1.26. The molecule has 0 spiro atoms. The lowest BCUT2D eigenvalue weighted by molar-refractivity contribution is 1.29. The van der Waals surface area contributed by atoms with Crippen LogP contribution in [0.5, 0.6) is 0 Å². The van der Waals surface area contributed by atoms with Gasteiger partial charge in [0.1, 0.15) is 0 Å². The predicted molar refractivity (Wildman–Crippen MR) is 48.2 cm³/mol. The van der Waals surface area contributed by atoms with Gasteiger partial charge < -0.3 is 0 Å². The standard InChI is InChI=1S/C10H13N/c1-8(2)9(3)10-4-6-11-7-5-10/h4-7H,1-3H3. The fourth-order valence-corrected chi connectivity index (χ4v) is 0.891. The molecule has 0 amide bonds. The second kappa shape index (κ2) is 3.33. The van der Waals surface area contributed by atoms with E-state index in [9.17, 15) is 0 Å². The summed E-state index contributed by atoms with van der Waals surface area (Å²) in [6.45, 7) is 6.37. The molecule has 0 aliphatic rings. The van der Waals surface area contributed by atoms with Crippen molar-refractivity contribution >= 4 is 5.57 Å². The molecular weight excluding hydrogens is 134 g/mol. The molecule has 0 N–H and O–H groups in total. The summed E-state index contributed by atoms with van der Waals surface area (Å²) in [5.41, 5.74) is 3.96. The first kappa shape index (κ1) is 7.99. The minimum Gasteiger partial charge on any atom is -0.265 e. The summed E-state index contributed by atoms with van der Waals surface area (Å²) in [6, 6.07) is 4.06. The van der Waals surface area contributed by atoms with Crippen molar-refractivity contribution in [3.05, 3.63) is 35.7 Å². The number of allylic oxidation sites excluding steroid dienone is 2. The maximum atomic E-state index is 3.96. The Hall–Kier alpha value is -1.11. The van der Waals surface area contributed by atoms with E-state index < -0.39 is 0 Å². The third kappa shape index (κ3) is 1.90. The Morgan fingerprint density at radius 1 is 1.09 bits per heavy atom. The normalized spacial score (nSPS) is 9.36. The molecule has 1 aromatic rings. The molecule has 58 valence electrons. The fraction of sp³-hybridized carbons (Fsp3) is 0.300. The van der Waals surface area contributed by atoms with Gasteiger partial charge in [-0.2, -0.15) is 0 Å². The average molecular weight is 147 g/mol. The first-order valence-corrected chi connectivity index (χ1v) is 3.76. The van der Waals surface area contributed by atoms with Gasteiger partial charge in [0.25, 0.3) is 0 Å². The molecule has 1 aromatic heterocycles. The van der Waals surface area contributed by atoms with Crippen molar-refractivity contribution in [1.29, 1.82) is 0 Å². The van der Waals surface area contributed by atoms with Crippen LogP contribution in [0.25, 0.3) is 5.57 Å². The fourth-order valence-electron chi connectivity index (χ4n) is 0.891. The molecule has 1 heterocycles. The summed E-state index contributed by atoms with van der Waals surface area (Å²) >= 11 is 0. The first-order valence-electron chi connectivity index (χ1n) is 3.76. The van der Waals surface area contributed by atoms with E-state index >= 15 is 0 Å². The van der Waals surface area contributed by atoms with Crippen LogP contribution in [-0.2, 0) is 0 Å². The molecule has 0 atom stereocenters. The van der Waals surface area contributed by atoms with Crippen LogP contribution in [0.15, 0.2) is 30.1 Å². The SMILES string of the molecule is CC(C)=C(C)c1ccncc1. The summed E-state index contributed by atoms with van der Waals surface area (Å²) in [5.74, 6) is 0. The van der Waals surface area contributed by atoms with E-state index in [-0.39, 0.29) is 0 Å². The summed E-state index contributed by atoms with van der Waals surface area (Å²) in [5, 5.41) is 0. The van der Waals surface area contributed by atoms with Gasteiger partial charge in [0.05, 0.1) is 0 Å². The molecule has 0 saturated heterocycles. The van der Waals surface area contributed by atoms with E-state index in [1.54, 1.807) is 0 Å². The van der Waals surface area contributed by atoms with Gasteiger partial charge in [-0.05, 0) is 44.0 Å². The van der Waals surface area contributed by atoms with Gasteiger partial charge in [-0.3, -0.25) is 4.98 Å². The van der Waals surface area contributed by atoms with Crippen molar-refractivity contribution in [2.75, 3.05) is 0 Å². The number of nitrogens with zero attached hydrogens (tertiary/aromatic N) is 1. The maximum Gasteiger partial charge on any atom is 0.0273 e. The summed E-state index contributed by atoms with van der Waals surface area (Å²) in [7, 11) is 0. The topological polar surface area (TPSA) is 12.9 Å². The first-order chi connectivity index (χ1) is 5.22. The summed E-state index contributed by atoms with van der Waals surface area (Å²) in [6.07, 6.45) is 3.64. The largest absolute Gasteiger partial charge is 0.265 e. The maximum absolute atomic E-state index is 3.96. The van der Waals surface area contributed by atoms with Crippen molar-refractivity contribution in [3.63, 3.8) is 0 Å². The highest BCUT2D eigenvalue weighted by Gasteiger charge is 1.94. The molecule has 0 aromatic carbocycles. The number of hydrogen-bond donors (Lipinski definition) is 0. The highest BCUT2D eigenvalue weighted by Crippen LogP contribution is 2.15. The van der Waals surface area contributed by atoms with Gasteiger partial charge in [0.15, 0.2) is 0 Å². The quantitative estimate of drug-likeness (QED) is 0.595.